The standard InChI is InChI=1S/C11H17N3O3/c1-7-12-8(6-9(15)13-7)14-11(2,3)5-4-10(16)17/h6H,4-5H2,1-3H3,(H,16,17)(H2,12,13,14,15). The fourth-order valence-corrected chi connectivity index (χ4v) is 1.47. The lowest BCUT2D eigenvalue weighted by atomic mass is 9.98. The van der Waals surface area contributed by atoms with Crippen molar-refractivity contribution in [3.8, 4) is 0 Å². The highest BCUT2D eigenvalue weighted by molar-refractivity contribution is 5.66. The summed E-state index contributed by atoms with van der Waals surface area (Å²) in [6, 6.07) is 1.36. The number of nitrogens with zero attached hydrogens (tertiary/aromatic N) is 1. The minimum atomic E-state index is -0.838. The summed E-state index contributed by atoms with van der Waals surface area (Å²) in [5, 5.41) is 11.7. The predicted molar refractivity (Wildman–Crippen MR) is 64.2 cm³/mol. The van der Waals surface area contributed by atoms with Crippen LogP contribution in [0.25, 0.3) is 0 Å². The monoisotopic (exact) mass is 239 g/mol. The molecule has 0 radical (unpaired) electrons. The van der Waals surface area contributed by atoms with Gasteiger partial charge in [-0.1, -0.05) is 0 Å². The van der Waals surface area contributed by atoms with E-state index >= 15 is 0 Å². The highest BCUT2D eigenvalue weighted by atomic mass is 16.4. The molecule has 0 saturated carbocycles. The zero-order valence-electron chi connectivity index (χ0n) is 10.2. The van der Waals surface area contributed by atoms with Crippen molar-refractivity contribution in [3.63, 3.8) is 0 Å². The lowest BCUT2D eigenvalue weighted by molar-refractivity contribution is -0.137. The summed E-state index contributed by atoms with van der Waals surface area (Å²) in [6.45, 7) is 5.43. The molecule has 0 aliphatic carbocycles. The van der Waals surface area contributed by atoms with Gasteiger partial charge in [-0.3, -0.25) is 9.59 Å². The number of carboxylic acid groups (broad SMARTS) is 1. The highest BCUT2D eigenvalue weighted by Gasteiger charge is 2.19. The van der Waals surface area contributed by atoms with Crippen LogP contribution in [0, 0.1) is 6.92 Å². The fourth-order valence-electron chi connectivity index (χ4n) is 1.47. The lowest BCUT2D eigenvalue weighted by Crippen LogP contribution is -2.32. The first-order chi connectivity index (χ1) is 7.78. The van der Waals surface area contributed by atoms with E-state index in [0.29, 0.717) is 18.1 Å². The van der Waals surface area contributed by atoms with Crippen molar-refractivity contribution in [2.24, 2.45) is 0 Å². The van der Waals surface area contributed by atoms with Crippen LogP contribution in [0.4, 0.5) is 5.82 Å². The van der Waals surface area contributed by atoms with Crippen LogP contribution in [0.2, 0.25) is 0 Å². The molecule has 0 unspecified atom stereocenters. The van der Waals surface area contributed by atoms with Gasteiger partial charge in [-0.05, 0) is 27.2 Å². The smallest absolute Gasteiger partial charge is 0.303 e. The Morgan fingerprint density at radius 1 is 1.59 bits per heavy atom. The maximum absolute atomic E-state index is 11.2. The van der Waals surface area contributed by atoms with E-state index in [1.54, 1.807) is 6.92 Å². The summed E-state index contributed by atoms with van der Waals surface area (Å²) in [4.78, 5) is 28.4. The second-order valence-corrected chi connectivity index (χ2v) is 4.62. The number of aryl methyl sites for hydroxylation is 1. The van der Waals surface area contributed by atoms with Crippen LogP contribution in [0.3, 0.4) is 0 Å². The van der Waals surface area contributed by atoms with Gasteiger partial charge in [0, 0.05) is 18.0 Å². The Kier molecular flexibility index (Phi) is 3.88. The van der Waals surface area contributed by atoms with Crippen LogP contribution in [0.1, 0.15) is 32.5 Å². The molecule has 0 amide bonds. The van der Waals surface area contributed by atoms with Gasteiger partial charge in [0.15, 0.2) is 0 Å². The number of aromatic amines is 1. The van der Waals surface area contributed by atoms with Gasteiger partial charge in [0.25, 0.3) is 5.56 Å². The molecule has 1 rings (SSSR count). The summed E-state index contributed by atoms with van der Waals surface area (Å²) in [5.41, 5.74) is -0.653. The van der Waals surface area contributed by atoms with Crippen LogP contribution in [0.5, 0.6) is 0 Å². The molecule has 0 fully saturated rings. The van der Waals surface area contributed by atoms with Crippen molar-refractivity contribution in [1.29, 1.82) is 0 Å². The Labute approximate surface area is 99.1 Å². The van der Waals surface area contributed by atoms with E-state index in [4.69, 9.17) is 5.11 Å². The van der Waals surface area contributed by atoms with Crippen LogP contribution in [-0.2, 0) is 4.79 Å². The number of hydrogen-bond acceptors (Lipinski definition) is 4. The number of aliphatic carboxylic acids is 1. The van der Waals surface area contributed by atoms with Crippen LogP contribution >= 0.6 is 0 Å². The fraction of sp³-hybridized carbons (Fsp3) is 0.545. The number of carbonyl (C=O) groups is 1. The van der Waals surface area contributed by atoms with Crippen LogP contribution in [0.15, 0.2) is 10.9 Å². The molecule has 1 aromatic rings. The number of anilines is 1. The molecule has 3 N–H and O–H groups in total. The minimum Gasteiger partial charge on any atom is -0.481 e. The molecular weight excluding hydrogens is 222 g/mol. The second-order valence-electron chi connectivity index (χ2n) is 4.62. The van der Waals surface area contributed by atoms with E-state index in [1.807, 2.05) is 13.8 Å². The molecule has 0 atom stereocenters. The zero-order chi connectivity index (χ0) is 13.1. The van der Waals surface area contributed by atoms with Gasteiger partial charge in [0.2, 0.25) is 0 Å². The largest absolute Gasteiger partial charge is 0.481 e. The zero-order valence-corrected chi connectivity index (χ0v) is 10.2. The van der Waals surface area contributed by atoms with Gasteiger partial charge in [-0.2, -0.15) is 0 Å². The van der Waals surface area contributed by atoms with Gasteiger partial charge in [-0.25, -0.2) is 4.98 Å². The normalized spacial score (nSPS) is 11.2. The third kappa shape index (κ3) is 4.67. The van der Waals surface area contributed by atoms with Crippen molar-refractivity contribution in [3.05, 3.63) is 22.2 Å². The first-order valence-electron chi connectivity index (χ1n) is 5.36. The van der Waals surface area contributed by atoms with Gasteiger partial charge in [-0.15, -0.1) is 0 Å². The quantitative estimate of drug-likeness (QED) is 0.716. The maximum atomic E-state index is 11.2. The number of rotatable bonds is 5. The summed E-state index contributed by atoms with van der Waals surface area (Å²) >= 11 is 0. The Balaban J connectivity index is 2.75. The van der Waals surface area contributed by atoms with Crippen LogP contribution < -0.4 is 10.9 Å². The molecule has 17 heavy (non-hydrogen) atoms. The molecular formula is C11H17N3O3. The summed E-state index contributed by atoms with van der Waals surface area (Å²) in [6.07, 6.45) is 0.526. The van der Waals surface area contributed by atoms with Crippen molar-refractivity contribution < 1.29 is 9.90 Å². The number of hydrogen-bond donors (Lipinski definition) is 3. The Morgan fingerprint density at radius 2 is 2.24 bits per heavy atom. The van der Waals surface area contributed by atoms with Gasteiger partial charge >= 0.3 is 5.97 Å². The van der Waals surface area contributed by atoms with Crippen LogP contribution in [-0.4, -0.2) is 26.6 Å². The predicted octanol–water partition coefficient (Wildman–Crippen LogP) is 1.13. The summed E-state index contributed by atoms with van der Waals surface area (Å²) in [5.74, 6) is 0.144. The van der Waals surface area contributed by atoms with Crippen molar-refractivity contribution >= 4 is 11.8 Å². The highest BCUT2D eigenvalue weighted by Crippen LogP contribution is 2.17. The molecule has 0 aliphatic rings. The average Bonchev–Trinajstić information content (AvgIpc) is 2.12. The van der Waals surface area contributed by atoms with E-state index in [9.17, 15) is 9.59 Å². The lowest BCUT2D eigenvalue weighted by Gasteiger charge is -2.26. The molecule has 94 valence electrons. The third-order valence-electron chi connectivity index (χ3n) is 2.29. The first kappa shape index (κ1) is 13.2. The molecule has 6 heteroatoms. The Hall–Kier alpha value is -1.85. The van der Waals surface area contributed by atoms with Gasteiger partial charge < -0.3 is 15.4 Å². The molecule has 0 saturated heterocycles. The SMILES string of the molecule is Cc1nc(NC(C)(C)CCC(=O)O)cc(=O)[nH]1. The number of aromatic nitrogens is 2. The molecule has 6 nitrogen and oxygen atoms in total. The number of carboxylic acids is 1. The third-order valence-corrected chi connectivity index (χ3v) is 2.29. The molecule has 0 aliphatic heterocycles. The number of H-pyrrole nitrogens is 1. The molecule has 0 bridgehead atoms. The van der Waals surface area contributed by atoms with Gasteiger partial charge in [0.05, 0.1) is 0 Å². The molecule has 0 spiro atoms. The van der Waals surface area contributed by atoms with E-state index in [1.165, 1.54) is 6.07 Å². The van der Waals surface area contributed by atoms with Crippen molar-refractivity contribution in [1.82, 2.24) is 9.97 Å². The molecule has 1 heterocycles. The van der Waals surface area contributed by atoms with Gasteiger partial charge in [0.1, 0.15) is 11.6 Å². The average molecular weight is 239 g/mol. The van der Waals surface area contributed by atoms with Crippen molar-refractivity contribution in [2.75, 3.05) is 5.32 Å². The van der Waals surface area contributed by atoms with E-state index in [2.05, 4.69) is 15.3 Å². The minimum absolute atomic E-state index is 0.0716. The molecule has 0 aromatic carbocycles. The van der Waals surface area contributed by atoms with E-state index < -0.39 is 11.5 Å². The Morgan fingerprint density at radius 3 is 2.76 bits per heavy atom. The van der Waals surface area contributed by atoms with Crippen molar-refractivity contribution in [2.45, 2.75) is 39.2 Å². The summed E-state index contributed by atoms with van der Waals surface area (Å²) in [7, 11) is 0. The topological polar surface area (TPSA) is 95.1 Å². The second kappa shape index (κ2) is 4.99. The molecule has 1 aromatic heterocycles. The Bertz CT molecular complexity index is 465. The maximum Gasteiger partial charge on any atom is 0.303 e. The summed E-state index contributed by atoms with van der Waals surface area (Å²) < 4.78 is 0. The van der Waals surface area contributed by atoms with E-state index in [-0.39, 0.29) is 12.0 Å². The number of nitrogens with one attached hydrogen (secondary N) is 2. The first-order valence-corrected chi connectivity index (χ1v) is 5.36. The van der Waals surface area contributed by atoms with E-state index in [0.717, 1.165) is 0 Å².